The topological polar surface area (TPSA) is 65.6 Å². The minimum atomic E-state index is -0.513. The molecule has 0 saturated carbocycles. The Hall–Kier alpha value is -1.69. The number of imidazole rings is 1. The van der Waals surface area contributed by atoms with E-state index in [1.54, 1.807) is 6.07 Å². The first-order chi connectivity index (χ1) is 7.79. The van der Waals surface area contributed by atoms with Gasteiger partial charge in [0, 0.05) is 6.54 Å². The van der Waals surface area contributed by atoms with Crippen molar-refractivity contribution in [2.75, 3.05) is 25.5 Å². The summed E-state index contributed by atoms with van der Waals surface area (Å²) in [6, 6.07) is 2.94. The molecule has 0 aromatic carbocycles. The van der Waals surface area contributed by atoms with Gasteiger partial charge in [-0.2, -0.15) is 14.4 Å². The highest BCUT2D eigenvalue weighted by atomic mass is 19.1. The highest BCUT2D eigenvalue weighted by Gasteiger charge is 2.03. The Balaban J connectivity index is 2.02. The van der Waals surface area contributed by atoms with E-state index in [4.69, 9.17) is 0 Å². The highest BCUT2D eigenvalue weighted by Crippen LogP contribution is 2.11. The third kappa shape index (κ3) is 2.46. The number of nitrogens with zero attached hydrogens (tertiary/aromatic N) is 2. The molecule has 0 aliphatic carbocycles. The summed E-state index contributed by atoms with van der Waals surface area (Å²) in [6.45, 7) is 1.75. The number of aromatic amines is 1. The lowest BCUT2D eigenvalue weighted by Crippen LogP contribution is -2.13. The minimum absolute atomic E-state index is 0.399. The first-order valence-corrected chi connectivity index (χ1v) is 5.20. The SMILES string of the molecule is CNCCCNc1nc2nc(F)ccc2[nH]1. The fourth-order valence-corrected chi connectivity index (χ4v) is 1.43. The maximum Gasteiger partial charge on any atom is 0.215 e. The average Bonchev–Trinajstić information content (AvgIpc) is 2.66. The smallest absolute Gasteiger partial charge is 0.215 e. The Morgan fingerprint density at radius 2 is 2.19 bits per heavy atom. The van der Waals surface area contributed by atoms with E-state index in [-0.39, 0.29) is 0 Å². The normalized spacial score (nSPS) is 10.9. The van der Waals surface area contributed by atoms with Gasteiger partial charge >= 0.3 is 0 Å². The van der Waals surface area contributed by atoms with E-state index < -0.39 is 5.95 Å². The van der Waals surface area contributed by atoms with Crippen molar-refractivity contribution in [3.05, 3.63) is 18.1 Å². The predicted octanol–water partition coefficient (Wildman–Crippen LogP) is 1.12. The van der Waals surface area contributed by atoms with Gasteiger partial charge in [0.15, 0.2) is 5.65 Å². The molecule has 0 amide bonds. The maximum absolute atomic E-state index is 12.8. The monoisotopic (exact) mass is 223 g/mol. The largest absolute Gasteiger partial charge is 0.356 e. The second-order valence-corrected chi connectivity index (χ2v) is 3.47. The number of fused-ring (bicyclic) bond motifs is 1. The molecule has 0 radical (unpaired) electrons. The number of hydrogen-bond donors (Lipinski definition) is 3. The second kappa shape index (κ2) is 4.89. The zero-order chi connectivity index (χ0) is 11.4. The number of anilines is 1. The molecule has 0 aliphatic rings. The molecular formula is C10H14FN5. The number of pyridine rings is 1. The lowest BCUT2D eigenvalue weighted by Gasteiger charge is -2.00. The Labute approximate surface area is 92.5 Å². The van der Waals surface area contributed by atoms with Crippen molar-refractivity contribution in [2.24, 2.45) is 0 Å². The van der Waals surface area contributed by atoms with Gasteiger partial charge in [0.2, 0.25) is 11.9 Å². The molecule has 3 N–H and O–H groups in total. The predicted molar refractivity (Wildman–Crippen MR) is 60.9 cm³/mol. The van der Waals surface area contributed by atoms with E-state index in [0.29, 0.717) is 11.6 Å². The summed E-state index contributed by atoms with van der Waals surface area (Å²) in [5.41, 5.74) is 1.13. The quantitative estimate of drug-likeness (QED) is 0.525. The highest BCUT2D eigenvalue weighted by molar-refractivity contribution is 5.72. The third-order valence-electron chi connectivity index (χ3n) is 2.21. The summed E-state index contributed by atoms with van der Waals surface area (Å²) in [4.78, 5) is 10.8. The number of hydrogen-bond acceptors (Lipinski definition) is 4. The van der Waals surface area contributed by atoms with Crippen LogP contribution in [0.4, 0.5) is 10.3 Å². The summed E-state index contributed by atoms with van der Waals surface area (Å²) < 4.78 is 12.8. The fourth-order valence-electron chi connectivity index (χ4n) is 1.43. The summed E-state index contributed by atoms with van der Waals surface area (Å²) >= 11 is 0. The summed E-state index contributed by atoms with van der Waals surface area (Å²) in [6.07, 6.45) is 0.995. The molecule has 2 heterocycles. The van der Waals surface area contributed by atoms with Gasteiger partial charge in [0.1, 0.15) is 0 Å². The molecule has 16 heavy (non-hydrogen) atoms. The zero-order valence-corrected chi connectivity index (χ0v) is 9.05. The van der Waals surface area contributed by atoms with E-state index >= 15 is 0 Å². The number of H-pyrrole nitrogens is 1. The average molecular weight is 223 g/mol. The summed E-state index contributed by atoms with van der Waals surface area (Å²) in [5, 5.41) is 6.17. The van der Waals surface area contributed by atoms with E-state index in [0.717, 1.165) is 25.0 Å². The molecule has 0 unspecified atom stereocenters. The Bertz CT molecular complexity index is 467. The van der Waals surface area contributed by atoms with E-state index in [1.807, 2.05) is 7.05 Å². The van der Waals surface area contributed by atoms with Crippen molar-refractivity contribution in [2.45, 2.75) is 6.42 Å². The molecular weight excluding hydrogens is 209 g/mol. The molecule has 2 aromatic rings. The Morgan fingerprint density at radius 1 is 1.31 bits per heavy atom. The molecule has 0 bridgehead atoms. The van der Waals surface area contributed by atoms with Crippen LogP contribution in [0.5, 0.6) is 0 Å². The number of aromatic nitrogens is 3. The van der Waals surface area contributed by atoms with Gasteiger partial charge in [0.25, 0.3) is 0 Å². The van der Waals surface area contributed by atoms with Crippen LogP contribution in [0.1, 0.15) is 6.42 Å². The summed E-state index contributed by atoms with van der Waals surface area (Å²) in [5.74, 6) is 0.116. The van der Waals surface area contributed by atoms with E-state index in [2.05, 4.69) is 25.6 Å². The van der Waals surface area contributed by atoms with Crippen LogP contribution in [0.25, 0.3) is 11.2 Å². The molecule has 2 aromatic heterocycles. The van der Waals surface area contributed by atoms with Crippen molar-refractivity contribution < 1.29 is 4.39 Å². The van der Waals surface area contributed by atoms with Gasteiger partial charge in [-0.15, -0.1) is 0 Å². The zero-order valence-electron chi connectivity index (χ0n) is 9.05. The molecule has 0 saturated heterocycles. The van der Waals surface area contributed by atoms with Crippen LogP contribution in [-0.2, 0) is 0 Å². The minimum Gasteiger partial charge on any atom is -0.356 e. The summed E-state index contributed by atoms with van der Waals surface area (Å²) in [7, 11) is 1.91. The molecule has 6 heteroatoms. The molecule has 0 fully saturated rings. The van der Waals surface area contributed by atoms with Gasteiger partial charge in [-0.3, -0.25) is 0 Å². The van der Waals surface area contributed by atoms with Crippen LogP contribution in [0.15, 0.2) is 12.1 Å². The lowest BCUT2D eigenvalue weighted by molar-refractivity contribution is 0.588. The van der Waals surface area contributed by atoms with E-state index in [1.165, 1.54) is 6.07 Å². The fraction of sp³-hybridized carbons (Fsp3) is 0.400. The van der Waals surface area contributed by atoms with Crippen LogP contribution < -0.4 is 10.6 Å². The first-order valence-electron chi connectivity index (χ1n) is 5.20. The lowest BCUT2D eigenvalue weighted by atomic mass is 10.4. The van der Waals surface area contributed by atoms with Gasteiger partial charge in [-0.05, 0) is 32.1 Å². The standard InChI is InChI=1S/C10H14FN5/c1-12-5-2-6-13-10-14-7-3-4-8(11)15-9(7)16-10/h3-4,12H,2,5-6H2,1H3,(H2,13,14,15,16). The van der Waals surface area contributed by atoms with Crippen LogP contribution >= 0.6 is 0 Å². The van der Waals surface area contributed by atoms with Gasteiger partial charge < -0.3 is 15.6 Å². The van der Waals surface area contributed by atoms with Crippen molar-refractivity contribution >= 4 is 17.1 Å². The maximum atomic E-state index is 12.8. The molecule has 0 atom stereocenters. The Kier molecular flexibility index (Phi) is 3.31. The molecule has 0 aliphatic heterocycles. The number of halogens is 1. The first kappa shape index (κ1) is 10.8. The van der Waals surface area contributed by atoms with Crippen LogP contribution in [-0.4, -0.2) is 35.1 Å². The number of rotatable bonds is 5. The van der Waals surface area contributed by atoms with Crippen molar-refractivity contribution in [1.82, 2.24) is 20.3 Å². The molecule has 0 spiro atoms. The van der Waals surface area contributed by atoms with Gasteiger partial charge in [-0.25, -0.2) is 0 Å². The van der Waals surface area contributed by atoms with Crippen LogP contribution in [0.3, 0.4) is 0 Å². The van der Waals surface area contributed by atoms with Crippen molar-refractivity contribution in [1.29, 1.82) is 0 Å². The van der Waals surface area contributed by atoms with Crippen molar-refractivity contribution in [3.8, 4) is 0 Å². The van der Waals surface area contributed by atoms with Gasteiger partial charge in [0.05, 0.1) is 5.52 Å². The molecule has 5 nitrogen and oxygen atoms in total. The number of nitrogens with one attached hydrogen (secondary N) is 3. The molecule has 86 valence electrons. The van der Waals surface area contributed by atoms with Crippen LogP contribution in [0.2, 0.25) is 0 Å². The van der Waals surface area contributed by atoms with E-state index in [9.17, 15) is 4.39 Å². The van der Waals surface area contributed by atoms with Gasteiger partial charge in [-0.1, -0.05) is 0 Å². The van der Waals surface area contributed by atoms with Crippen molar-refractivity contribution in [3.63, 3.8) is 0 Å². The Morgan fingerprint density at radius 3 is 3.00 bits per heavy atom. The van der Waals surface area contributed by atoms with Crippen LogP contribution in [0, 0.1) is 5.95 Å². The second-order valence-electron chi connectivity index (χ2n) is 3.47. The molecule has 2 rings (SSSR count). The third-order valence-corrected chi connectivity index (χ3v) is 2.21.